The van der Waals surface area contributed by atoms with Gasteiger partial charge < -0.3 is 14.8 Å². The molecule has 1 saturated carbocycles. The van der Waals surface area contributed by atoms with E-state index in [9.17, 15) is 8.60 Å². The quantitative estimate of drug-likeness (QED) is 0.557. The molecule has 0 bridgehead atoms. The number of rotatable bonds is 5. The number of fused-ring (bicyclic) bond motifs is 2. The Balaban J connectivity index is 1.49. The second-order valence-corrected chi connectivity index (χ2v) is 11.6. The van der Waals surface area contributed by atoms with Crippen LogP contribution in [0.3, 0.4) is 0 Å². The molecule has 0 amide bonds. The van der Waals surface area contributed by atoms with Crippen molar-refractivity contribution in [3.63, 3.8) is 0 Å². The third-order valence-electron chi connectivity index (χ3n) is 6.18. The van der Waals surface area contributed by atoms with Gasteiger partial charge in [0, 0.05) is 39.6 Å². The Bertz CT molecular complexity index is 1330. The molecular weight excluding hydrogens is 443 g/mol. The van der Waals surface area contributed by atoms with Crippen LogP contribution < -0.4 is 10.1 Å². The highest BCUT2D eigenvalue weighted by molar-refractivity contribution is 7.92. The third-order valence-corrected chi connectivity index (χ3v) is 6.83. The van der Waals surface area contributed by atoms with E-state index in [-0.39, 0.29) is 18.0 Å². The van der Waals surface area contributed by atoms with E-state index in [2.05, 4.69) is 19.6 Å². The Hall–Kier alpha value is -2.78. The van der Waals surface area contributed by atoms with Crippen LogP contribution in [0.15, 0.2) is 41.0 Å². The lowest BCUT2D eigenvalue weighted by Crippen LogP contribution is -2.26. The van der Waals surface area contributed by atoms with Crippen LogP contribution >= 0.6 is 0 Å². The Labute approximate surface area is 192 Å². The zero-order valence-electron chi connectivity index (χ0n) is 18.9. The molecule has 174 valence electrons. The number of hydrogen-bond donors (Lipinski definition) is 1. The average Bonchev–Trinajstić information content (AvgIpc) is 3.34. The van der Waals surface area contributed by atoms with E-state index in [1.54, 1.807) is 24.6 Å². The number of hydrogen-bond acceptors (Lipinski definition) is 7. The van der Waals surface area contributed by atoms with Crippen molar-refractivity contribution < 1.29 is 18.1 Å². The smallest absolute Gasteiger partial charge is 0.146 e. The average molecular weight is 471 g/mol. The van der Waals surface area contributed by atoms with Crippen LogP contribution in [-0.4, -0.2) is 45.5 Å². The fourth-order valence-electron chi connectivity index (χ4n) is 4.81. The van der Waals surface area contributed by atoms with Gasteiger partial charge in [0.05, 0.1) is 29.6 Å². The summed E-state index contributed by atoms with van der Waals surface area (Å²) in [5.74, 6) is 0.993. The monoisotopic (exact) mass is 470 g/mol. The largest absolute Gasteiger partial charge is 0.485 e. The van der Waals surface area contributed by atoms with Crippen LogP contribution in [0.1, 0.15) is 24.8 Å². The molecule has 2 aromatic carbocycles. The first-order valence-corrected chi connectivity index (χ1v) is 13.4. The number of nitrogens with zero attached hydrogens (tertiary/aromatic N) is 3. The minimum absolute atomic E-state index is 0.0918. The molecule has 1 aromatic heterocycles. The Kier molecular flexibility index (Phi) is 5.70. The standard InChI is InChI=1S/C24H27FN4O3S/c1-14-9-16(29-33(2,3)30)11-19-23(14)24(27-13-26-19)28-18-8-7-15(25)10-21(18)32-22-12-31-20-6-4-5-17(20)22/h7-11,13,17,20,22H,4-6,12H2,1-3H3,(H,26,27,28)/t17?,20-,22-/m1/s1. The van der Waals surface area contributed by atoms with Crippen molar-refractivity contribution in [2.45, 2.75) is 38.4 Å². The van der Waals surface area contributed by atoms with Crippen molar-refractivity contribution in [2.75, 3.05) is 24.4 Å². The fourth-order valence-corrected chi connectivity index (χ4v) is 5.43. The number of aromatic nitrogens is 2. The molecule has 7 nitrogen and oxygen atoms in total. The van der Waals surface area contributed by atoms with E-state index in [1.807, 2.05) is 13.0 Å². The summed E-state index contributed by atoms with van der Waals surface area (Å²) in [4.78, 5) is 8.81. The van der Waals surface area contributed by atoms with Gasteiger partial charge in [0.25, 0.3) is 0 Å². The molecule has 2 heterocycles. The molecule has 2 aliphatic rings. The van der Waals surface area contributed by atoms with Crippen LogP contribution in [-0.2, 0) is 14.5 Å². The topological polar surface area (TPSA) is 85.7 Å². The Morgan fingerprint density at radius 1 is 1.21 bits per heavy atom. The van der Waals surface area contributed by atoms with Crippen LogP contribution in [0.4, 0.5) is 21.6 Å². The predicted molar refractivity (Wildman–Crippen MR) is 128 cm³/mol. The summed E-state index contributed by atoms with van der Waals surface area (Å²) in [5, 5.41) is 4.12. The van der Waals surface area contributed by atoms with Gasteiger partial charge in [-0.05, 0) is 49.6 Å². The molecule has 0 radical (unpaired) electrons. The van der Waals surface area contributed by atoms with E-state index < -0.39 is 9.73 Å². The number of ether oxygens (including phenoxy) is 2. The van der Waals surface area contributed by atoms with Crippen molar-refractivity contribution in [1.29, 1.82) is 0 Å². The lowest BCUT2D eigenvalue weighted by Gasteiger charge is -2.21. The zero-order chi connectivity index (χ0) is 23.2. The van der Waals surface area contributed by atoms with Crippen molar-refractivity contribution >= 4 is 37.8 Å². The predicted octanol–water partition coefficient (Wildman–Crippen LogP) is 5.13. The first-order chi connectivity index (χ1) is 15.8. The summed E-state index contributed by atoms with van der Waals surface area (Å²) in [7, 11) is -2.30. The molecule has 1 aliphatic heterocycles. The molecule has 1 aliphatic carbocycles. The van der Waals surface area contributed by atoms with E-state index in [0.29, 0.717) is 41.0 Å². The van der Waals surface area contributed by atoms with E-state index in [4.69, 9.17) is 9.47 Å². The van der Waals surface area contributed by atoms with Gasteiger partial charge in [-0.15, -0.1) is 0 Å². The zero-order valence-corrected chi connectivity index (χ0v) is 19.7. The molecule has 1 N–H and O–H groups in total. The van der Waals surface area contributed by atoms with Gasteiger partial charge in [-0.25, -0.2) is 18.6 Å². The Morgan fingerprint density at radius 3 is 2.88 bits per heavy atom. The van der Waals surface area contributed by atoms with Crippen molar-refractivity contribution in [3.8, 4) is 5.75 Å². The molecule has 1 unspecified atom stereocenters. The molecular formula is C24H27FN4O3S. The molecule has 0 spiro atoms. The lowest BCUT2D eigenvalue weighted by molar-refractivity contribution is 0.0917. The van der Waals surface area contributed by atoms with Crippen LogP contribution in [0.5, 0.6) is 5.75 Å². The molecule has 5 rings (SSSR count). The molecule has 3 atom stereocenters. The van der Waals surface area contributed by atoms with Gasteiger partial charge in [-0.3, -0.25) is 0 Å². The highest BCUT2D eigenvalue weighted by Gasteiger charge is 2.42. The van der Waals surface area contributed by atoms with E-state index >= 15 is 0 Å². The summed E-state index contributed by atoms with van der Waals surface area (Å²) in [6.07, 6.45) is 8.07. The number of nitrogens with one attached hydrogen (secondary N) is 1. The summed E-state index contributed by atoms with van der Waals surface area (Å²) >= 11 is 0. The van der Waals surface area contributed by atoms with Crippen LogP contribution in [0.25, 0.3) is 10.9 Å². The van der Waals surface area contributed by atoms with Gasteiger partial charge in [-0.2, -0.15) is 4.36 Å². The number of benzene rings is 2. The minimum Gasteiger partial charge on any atom is -0.485 e. The maximum absolute atomic E-state index is 14.1. The third kappa shape index (κ3) is 4.65. The first-order valence-electron chi connectivity index (χ1n) is 11.0. The summed E-state index contributed by atoms with van der Waals surface area (Å²) in [6, 6.07) is 8.10. The van der Waals surface area contributed by atoms with Crippen molar-refractivity contribution in [3.05, 3.63) is 48.0 Å². The van der Waals surface area contributed by atoms with Gasteiger partial charge >= 0.3 is 0 Å². The minimum atomic E-state index is -2.30. The maximum atomic E-state index is 14.1. The summed E-state index contributed by atoms with van der Waals surface area (Å²) in [5.41, 5.74) is 2.80. The van der Waals surface area contributed by atoms with E-state index in [1.165, 1.54) is 18.5 Å². The Morgan fingerprint density at radius 2 is 2.06 bits per heavy atom. The highest BCUT2D eigenvalue weighted by Crippen LogP contribution is 2.40. The van der Waals surface area contributed by atoms with Crippen LogP contribution in [0.2, 0.25) is 0 Å². The van der Waals surface area contributed by atoms with Crippen molar-refractivity contribution in [2.24, 2.45) is 10.3 Å². The molecule has 9 heteroatoms. The van der Waals surface area contributed by atoms with Gasteiger partial charge in [0.2, 0.25) is 0 Å². The van der Waals surface area contributed by atoms with Crippen LogP contribution in [0, 0.1) is 18.7 Å². The fraction of sp³-hybridized carbons (Fsp3) is 0.417. The SMILES string of the molecule is Cc1cc(N=S(C)(C)=O)cc2ncnc(Nc3ccc(F)cc3O[C@@H]3CO[C@@H]4CCCC43)c12. The summed E-state index contributed by atoms with van der Waals surface area (Å²) in [6.45, 7) is 2.45. The first kappa shape index (κ1) is 22.0. The normalized spacial score (nSPS) is 22.4. The van der Waals surface area contributed by atoms with Crippen molar-refractivity contribution in [1.82, 2.24) is 9.97 Å². The molecule has 3 aromatic rings. The van der Waals surface area contributed by atoms with Gasteiger partial charge in [-0.1, -0.05) is 6.42 Å². The second-order valence-electron chi connectivity index (χ2n) is 9.04. The number of aryl methyl sites for hydroxylation is 1. The van der Waals surface area contributed by atoms with Gasteiger partial charge in [0.15, 0.2) is 0 Å². The lowest BCUT2D eigenvalue weighted by atomic mass is 10.0. The molecule has 33 heavy (non-hydrogen) atoms. The highest BCUT2D eigenvalue weighted by atomic mass is 32.2. The summed E-state index contributed by atoms with van der Waals surface area (Å²) < 4.78 is 42.7. The molecule has 1 saturated heterocycles. The van der Waals surface area contributed by atoms with Gasteiger partial charge in [0.1, 0.15) is 29.8 Å². The second kappa shape index (κ2) is 8.53. The number of anilines is 2. The maximum Gasteiger partial charge on any atom is 0.146 e. The van der Waals surface area contributed by atoms with E-state index in [0.717, 1.165) is 30.2 Å². The number of halogens is 1. The molecule has 2 fully saturated rings.